The van der Waals surface area contributed by atoms with Gasteiger partial charge in [0.25, 0.3) is 0 Å². The summed E-state index contributed by atoms with van der Waals surface area (Å²) in [6.07, 6.45) is 4.84. The first-order valence-corrected chi connectivity index (χ1v) is 7.11. The van der Waals surface area contributed by atoms with Crippen LogP contribution in [0, 0.1) is 6.92 Å². The quantitative estimate of drug-likeness (QED) is 0.714. The molecule has 19 heavy (non-hydrogen) atoms. The summed E-state index contributed by atoms with van der Waals surface area (Å²) in [6, 6.07) is 10.6. The van der Waals surface area contributed by atoms with Gasteiger partial charge in [-0.15, -0.1) is 0 Å². The van der Waals surface area contributed by atoms with Crippen LogP contribution in [0.15, 0.2) is 30.3 Å². The Hall–Kier alpha value is -1.70. The second-order valence-electron chi connectivity index (χ2n) is 5.59. The van der Waals surface area contributed by atoms with Gasteiger partial charge in [-0.25, -0.2) is 0 Å². The van der Waals surface area contributed by atoms with Crippen LogP contribution in [0.4, 0.5) is 0 Å². The lowest BCUT2D eigenvalue weighted by Gasteiger charge is -2.14. The van der Waals surface area contributed by atoms with Crippen LogP contribution in [0.2, 0.25) is 0 Å². The third-order valence-corrected chi connectivity index (χ3v) is 4.06. The molecule has 0 aliphatic heterocycles. The minimum Gasteiger partial charge on any atom is -0.300 e. The lowest BCUT2D eigenvalue weighted by atomic mass is 9.90. The van der Waals surface area contributed by atoms with E-state index in [9.17, 15) is 4.79 Å². The van der Waals surface area contributed by atoms with E-state index in [2.05, 4.69) is 29.2 Å². The summed E-state index contributed by atoms with van der Waals surface area (Å²) in [5.74, 6) is 0.824. The lowest BCUT2D eigenvalue weighted by molar-refractivity contribution is -0.119. The van der Waals surface area contributed by atoms with Gasteiger partial charge < -0.3 is 0 Å². The van der Waals surface area contributed by atoms with Crippen LogP contribution in [0.25, 0.3) is 10.9 Å². The summed E-state index contributed by atoms with van der Waals surface area (Å²) in [4.78, 5) is 16.3. The maximum atomic E-state index is 11.8. The summed E-state index contributed by atoms with van der Waals surface area (Å²) in [5, 5.41) is 1.18. The zero-order chi connectivity index (χ0) is 13.2. The fourth-order valence-corrected chi connectivity index (χ4v) is 2.98. The highest BCUT2D eigenvalue weighted by Gasteiger charge is 2.19. The van der Waals surface area contributed by atoms with Crippen LogP contribution in [0.3, 0.4) is 0 Å². The van der Waals surface area contributed by atoms with Gasteiger partial charge in [-0.05, 0) is 49.4 Å². The minimum absolute atomic E-state index is 0.403. The minimum atomic E-state index is 0.403. The lowest BCUT2D eigenvalue weighted by Crippen LogP contribution is -2.03. The third-order valence-electron chi connectivity index (χ3n) is 4.06. The number of ketones is 1. The number of rotatable bonds is 1. The van der Waals surface area contributed by atoms with Crippen LogP contribution in [0.5, 0.6) is 0 Å². The Bertz CT molecular complexity index is 618. The van der Waals surface area contributed by atoms with Crippen LogP contribution >= 0.6 is 0 Å². The van der Waals surface area contributed by atoms with Crippen molar-refractivity contribution in [1.82, 2.24) is 4.98 Å². The number of aryl methyl sites for hydroxylation is 1. The summed E-state index contributed by atoms with van der Waals surface area (Å²) >= 11 is 0. The average Bonchev–Trinajstić information content (AvgIpc) is 2.63. The molecule has 0 saturated heterocycles. The summed E-state index contributed by atoms with van der Waals surface area (Å²) in [7, 11) is 0. The number of carbonyl (C=O) groups excluding carboxylic acids is 1. The number of Topliss-reactive ketones (excluding diaryl/α,β-unsaturated/α-hetero) is 1. The molecule has 0 spiro atoms. The van der Waals surface area contributed by atoms with E-state index in [1.165, 1.54) is 17.4 Å². The SMILES string of the molecule is Cc1ccc2cc(C3CCCCC(=O)C3)ccc2n1. The Morgan fingerprint density at radius 2 is 2.05 bits per heavy atom. The van der Waals surface area contributed by atoms with Crippen molar-refractivity contribution in [1.29, 1.82) is 0 Å². The van der Waals surface area contributed by atoms with Crippen molar-refractivity contribution in [3.05, 3.63) is 41.6 Å². The highest BCUT2D eigenvalue weighted by atomic mass is 16.1. The van der Waals surface area contributed by atoms with Gasteiger partial charge in [-0.2, -0.15) is 0 Å². The van der Waals surface area contributed by atoms with E-state index in [4.69, 9.17) is 0 Å². The van der Waals surface area contributed by atoms with Crippen LogP contribution in [-0.2, 0) is 4.79 Å². The number of hydrogen-bond acceptors (Lipinski definition) is 2. The van der Waals surface area contributed by atoms with Gasteiger partial charge in [0.1, 0.15) is 5.78 Å². The average molecular weight is 253 g/mol. The van der Waals surface area contributed by atoms with Gasteiger partial charge in [0, 0.05) is 23.9 Å². The maximum absolute atomic E-state index is 11.8. The number of aromatic nitrogens is 1. The zero-order valence-corrected chi connectivity index (χ0v) is 11.4. The normalized spacial score (nSPS) is 20.5. The molecule has 0 N–H and O–H groups in total. The van der Waals surface area contributed by atoms with Gasteiger partial charge in [0.2, 0.25) is 0 Å². The number of fused-ring (bicyclic) bond motifs is 1. The molecule has 1 heterocycles. The van der Waals surface area contributed by atoms with Crippen LogP contribution in [-0.4, -0.2) is 10.8 Å². The van der Waals surface area contributed by atoms with Crippen LogP contribution < -0.4 is 0 Å². The molecule has 1 aromatic carbocycles. The van der Waals surface area contributed by atoms with Crippen molar-refractivity contribution in [3.8, 4) is 0 Å². The van der Waals surface area contributed by atoms with E-state index < -0.39 is 0 Å². The number of benzene rings is 1. The van der Waals surface area contributed by atoms with Gasteiger partial charge in [0.15, 0.2) is 0 Å². The number of hydrogen-bond donors (Lipinski definition) is 0. The Morgan fingerprint density at radius 3 is 2.95 bits per heavy atom. The molecule has 0 radical (unpaired) electrons. The van der Waals surface area contributed by atoms with E-state index in [-0.39, 0.29) is 0 Å². The summed E-state index contributed by atoms with van der Waals surface area (Å²) in [6.45, 7) is 2.01. The molecular formula is C17H19NO. The first-order valence-electron chi connectivity index (χ1n) is 7.11. The van der Waals surface area contributed by atoms with E-state index in [1.54, 1.807) is 0 Å². The van der Waals surface area contributed by atoms with E-state index in [0.29, 0.717) is 18.1 Å². The molecule has 1 aliphatic carbocycles. The molecule has 1 saturated carbocycles. The Balaban J connectivity index is 1.95. The standard InChI is InChI=1S/C17H19NO/c1-12-6-7-15-10-14(8-9-17(15)18-12)13-4-2-3-5-16(19)11-13/h6-10,13H,2-5,11H2,1H3. The predicted octanol–water partition coefficient (Wildman–Crippen LogP) is 4.16. The molecule has 1 atom stereocenters. The molecule has 1 unspecified atom stereocenters. The molecule has 2 aromatic rings. The second kappa shape index (κ2) is 5.12. The first kappa shape index (κ1) is 12.3. The Labute approximate surface area is 113 Å². The molecule has 1 fully saturated rings. The monoisotopic (exact) mass is 253 g/mol. The van der Waals surface area contributed by atoms with Gasteiger partial charge >= 0.3 is 0 Å². The Morgan fingerprint density at radius 1 is 1.16 bits per heavy atom. The van der Waals surface area contributed by atoms with Crippen LogP contribution in [0.1, 0.15) is 49.3 Å². The third kappa shape index (κ3) is 2.67. The summed E-state index contributed by atoms with van der Waals surface area (Å²) in [5.41, 5.74) is 3.39. The number of carbonyl (C=O) groups is 1. The molecule has 3 rings (SSSR count). The Kier molecular flexibility index (Phi) is 3.33. The molecule has 2 heteroatoms. The van der Waals surface area contributed by atoms with Crippen molar-refractivity contribution in [2.24, 2.45) is 0 Å². The van der Waals surface area contributed by atoms with E-state index in [0.717, 1.165) is 30.5 Å². The van der Waals surface area contributed by atoms with Gasteiger partial charge in [-0.3, -0.25) is 9.78 Å². The van der Waals surface area contributed by atoms with Gasteiger partial charge in [-0.1, -0.05) is 18.6 Å². The van der Waals surface area contributed by atoms with Crippen molar-refractivity contribution >= 4 is 16.7 Å². The highest BCUT2D eigenvalue weighted by Crippen LogP contribution is 2.31. The molecular weight excluding hydrogens is 234 g/mol. The molecule has 1 aliphatic rings. The molecule has 0 bridgehead atoms. The smallest absolute Gasteiger partial charge is 0.133 e. The molecule has 1 aromatic heterocycles. The van der Waals surface area contributed by atoms with E-state index >= 15 is 0 Å². The van der Waals surface area contributed by atoms with Crippen molar-refractivity contribution in [2.75, 3.05) is 0 Å². The van der Waals surface area contributed by atoms with Gasteiger partial charge in [0.05, 0.1) is 5.52 Å². The fraction of sp³-hybridized carbons (Fsp3) is 0.412. The topological polar surface area (TPSA) is 30.0 Å². The molecule has 98 valence electrons. The number of pyridine rings is 1. The fourth-order valence-electron chi connectivity index (χ4n) is 2.98. The van der Waals surface area contributed by atoms with Crippen molar-refractivity contribution < 1.29 is 4.79 Å². The molecule has 0 amide bonds. The van der Waals surface area contributed by atoms with Crippen molar-refractivity contribution in [3.63, 3.8) is 0 Å². The van der Waals surface area contributed by atoms with E-state index in [1.807, 2.05) is 13.0 Å². The highest BCUT2D eigenvalue weighted by molar-refractivity contribution is 5.81. The maximum Gasteiger partial charge on any atom is 0.133 e. The summed E-state index contributed by atoms with van der Waals surface area (Å²) < 4.78 is 0. The predicted molar refractivity (Wildman–Crippen MR) is 77.3 cm³/mol. The van der Waals surface area contributed by atoms with Crippen molar-refractivity contribution in [2.45, 2.75) is 44.9 Å². The number of nitrogens with zero attached hydrogens (tertiary/aromatic N) is 1. The first-order chi connectivity index (χ1) is 9.22. The zero-order valence-electron chi connectivity index (χ0n) is 11.4. The second-order valence-corrected chi connectivity index (χ2v) is 5.59. The molecule has 2 nitrogen and oxygen atoms in total. The largest absolute Gasteiger partial charge is 0.300 e.